The number of hydrogen-bond donors (Lipinski definition) is 3. The molecule has 0 spiro atoms. The van der Waals surface area contributed by atoms with Gasteiger partial charge in [-0.15, -0.1) is 0 Å². The number of H-pyrrole nitrogens is 1. The van der Waals surface area contributed by atoms with Crippen LogP contribution < -0.4 is 16.2 Å². The fourth-order valence-corrected chi connectivity index (χ4v) is 4.31. The number of aryl methyl sites for hydroxylation is 1. The molecule has 4 rings (SSSR count). The van der Waals surface area contributed by atoms with E-state index in [1.165, 1.54) is 11.8 Å². The second kappa shape index (κ2) is 8.91. The normalized spacial score (nSPS) is 15.1. The summed E-state index contributed by atoms with van der Waals surface area (Å²) in [7, 11) is 0. The summed E-state index contributed by atoms with van der Waals surface area (Å²) >= 11 is 1.28. The maximum Gasteiger partial charge on any atom is 0.257 e. The van der Waals surface area contributed by atoms with Crippen LogP contribution >= 0.6 is 11.8 Å². The van der Waals surface area contributed by atoms with E-state index in [9.17, 15) is 23.2 Å². The maximum absolute atomic E-state index is 13.9. The molecule has 2 aromatic carbocycles. The van der Waals surface area contributed by atoms with Crippen molar-refractivity contribution in [3.05, 3.63) is 81.1 Å². The molecule has 7 nitrogen and oxygen atoms in total. The van der Waals surface area contributed by atoms with Crippen LogP contribution in [0.4, 0.5) is 20.3 Å². The molecule has 0 saturated carbocycles. The van der Waals surface area contributed by atoms with Gasteiger partial charge in [0, 0.05) is 18.2 Å². The molecular formula is C22H18F2N4O3S. The third kappa shape index (κ3) is 4.54. The molecule has 164 valence electrons. The molecule has 1 aliphatic heterocycles. The Bertz CT molecular complexity index is 1280. The van der Waals surface area contributed by atoms with Gasteiger partial charge in [-0.1, -0.05) is 36.0 Å². The Kier molecular flexibility index (Phi) is 6.04. The molecule has 0 saturated heterocycles. The highest BCUT2D eigenvalue weighted by molar-refractivity contribution is 7.98. The minimum absolute atomic E-state index is 0.0165. The Balaban J connectivity index is 1.60. The molecule has 3 aromatic rings. The lowest BCUT2D eigenvalue weighted by molar-refractivity contribution is -0.123. The van der Waals surface area contributed by atoms with Crippen LogP contribution in [0.3, 0.4) is 0 Å². The van der Waals surface area contributed by atoms with Crippen LogP contribution in [0.25, 0.3) is 0 Å². The van der Waals surface area contributed by atoms with Crippen LogP contribution in [-0.4, -0.2) is 21.8 Å². The summed E-state index contributed by atoms with van der Waals surface area (Å²) in [6.45, 7) is 1.98. The van der Waals surface area contributed by atoms with Crippen LogP contribution in [0.15, 0.2) is 52.4 Å². The van der Waals surface area contributed by atoms with Gasteiger partial charge in [0.25, 0.3) is 5.56 Å². The zero-order valence-corrected chi connectivity index (χ0v) is 17.7. The number of nitrogens with zero attached hydrogens (tertiary/aromatic N) is 1. The van der Waals surface area contributed by atoms with Crippen molar-refractivity contribution in [3.63, 3.8) is 0 Å². The zero-order chi connectivity index (χ0) is 22.8. The van der Waals surface area contributed by atoms with E-state index in [0.29, 0.717) is 5.75 Å². The molecular weight excluding hydrogens is 438 g/mol. The van der Waals surface area contributed by atoms with Gasteiger partial charge in [-0.3, -0.25) is 14.4 Å². The maximum atomic E-state index is 13.9. The number of anilines is 2. The average molecular weight is 456 g/mol. The molecule has 1 aromatic heterocycles. The number of carbonyl (C=O) groups excluding carboxylic acids is 2. The molecule has 2 amide bonds. The smallest absolute Gasteiger partial charge is 0.257 e. The van der Waals surface area contributed by atoms with Crippen molar-refractivity contribution in [3.8, 4) is 0 Å². The number of amides is 2. The highest BCUT2D eigenvalue weighted by Gasteiger charge is 2.35. The van der Waals surface area contributed by atoms with Crippen molar-refractivity contribution in [1.29, 1.82) is 0 Å². The number of thioether (sulfide) groups is 1. The Morgan fingerprint density at radius 3 is 2.78 bits per heavy atom. The van der Waals surface area contributed by atoms with Crippen molar-refractivity contribution in [2.24, 2.45) is 0 Å². The standard InChI is InChI=1S/C22H18F2N4O3S/c1-11-4-2-3-5-12(11)10-32-22-27-19-18(21(31)28-22)14(9-17(29)26-19)20(30)25-16-8-13(23)6-7-15(16)24/h2-8,14H,9-10H2,1H3,(H,25,30)(H2,26,27,28,29,31). The Labute approximate surface area is 185 Å². The fraction of sp³-hybridized carbons (Fsp3) is 0.182. The first-order valence-corrected chi connectivity index (χ1v) is 10.7. The number of rotatable bonds is 5. The Morgan fingerprint density at radius 2 is 2.00 bits per heavy atom. The number of benzene rings is 2. The summed E-state index contributed by atoms with van der Waals surface area (Å²) in [6, 6.07) is 10.4. The van der Waals surface area contributed by atoms with E-state index < -0.39 is 34.9 Å². The monoisotopic (exact) mass is 456 g/mol. The first-order valence-electron chi connectivity index (χ1n) is 9.69. The summed E-state index contributed by atoms with van der Waals surface area (Å²) in [5, 5.41) is 5.07. The minimum atomic E-state index is -1.20. The van der Waals surface area contributed by atoms with E-state index in [4.69, 9.17) is 0 Å². The first-order chi connectivity index (χ1) is 15.3. The Morgan fingerprint density at radius 1 is 1.22 bits per heavy atom. The molecule has 0 bridgehead atoms. The average Bonchev–Trinajstić information content (AvgIpc) is 2.75. The second-order valence-electron chi connectivity index (χ2n) is 7.27. The molecule has 0 radical (unpaired) electrons. The SMILES string of the molecule is Cc1ccccc1CSc1nc2c(c(=O)[nH]1)C(C(=O)Nc1cc(F)ccc1F)CC(=O)N2. The van der Waals surface area contributed by atoms with Crippen LogP contribution in [0.5, 0.6) is 0 Å². The van der Waals surface area contributed by atoms with E-state index in [1.54, 1.807) is 0 Å². The topological polar surface area (TPSA) is 104 Å². The number of fused-ring (bicyclic) bond motifs is 1. The van der Waals surface area contributed by atoms with Gasteiger partial charge < -0.3 is 15.6 Å². The van der Waals surface area contributed by atoms with Crippen molar-refractivity contribution in [1.82, 2.24) is 9.97 Å². The van der Waals surface area contributed by atoms with Crippen LogP contribution in [-0.2, 0) is 15.3 Å². The van der Waals surface area contributed by atoms with Gasteiger partial charge in [0.2, 0.25) is 11.8 Å². The number of hydrogen-bond acceptors (Lipinski definition) is 5. The molecule has 2 heterocycles. The molecule has 10 heteroatoms. The highest BCUT2D eigenvalue weighted by Crippen LogP contribution is 2.31. The van der Waals surface area contributed by atoms with Gasteiger partial charge in [0.05, 0.1) is 17.2 Å². The molecule has 1 unspecified atom stereocenters. The minimum Gasteiger partial charge on any atom is -0.323 e. The summed E-state index contributed by atoms with van der Waals surface area (Å²) in [4.78, 5) is 44.7. The molecule has 0 aliphatic carbocycles. The third-order valence-electron chi connectivity index (χ3n) is 5.06. The lowest BCUT2D eigenvalue weighted by atomic mass is 9.92. The molecule has 1 aliphatic rings. The van der Waals surface area contributed by atoms with Gasteiger partial charge in [0.1, 0.15) is 17.5 Å². The lowest BCUT2D eigenvalue weighted by Gasteiger charge is -2.23. The van der Waals surface area contributed by atoms with Gasteiger partial charge in [0.15, 0.2) is 5.16 Å². The molecule has 3 N–H and O–H groups in total. The van der Waals surface area contributed by atoms with E-state index in [2.05, 4.69) is 20.6 Å². The largest absolute Gasteiger partial charge is 0.323 e. The van der Waals surface area contributed by atoms with Gasteiger partial charge >= 0.3 is 0 Å². The van der Waals surface area contributed by atoms with Crippen molar-refractivity contribution in [2.45, 2.75) is 30.2 Å². The lowest BCUT2D eigenvalue weighted by Crippen LogP contribution is -2.36. The van der Waals surface area contributed by atoms with E-state index >= 15 is 0 Å². The van der Waals surface area contributed by atoms with Gasteiger partial charge in [-0.05, 0) is 30.2 Å². The molecule has 0 fully saturated rings. The van der Waals surface area contributed by atoms with Gasteiger partial charge in [-0.2, -0.15) is 0 Å². The second-order valence-corrected chi connectivity index (χ2v) is 8.23. The summed E-state index contributed by atoms with van der Waals surface area (Å²) in [5.41, 5.74) is 1.17. The van der Waals surface area contributed by atoms with Crippen LogP contribution in [0, 0.1) is 18.6 Å². The highest BCUT2D eigenvalue weighted by atomic mass is 32.2. The fourth-order valence-electron chi connectivity index (χ4n) is 3.37. The van der Waals surface area contributed by atoms with Crippen molar-refractivity contribution < 1.29 is 18.4 Å². The number of aromatic nitrogens is 2. The van der Waals surface area contributed by atoms with Gasteiger partial charge in [-0.25, -0.2) is 13.8 Å². The molecule has 32 heavy (non-hydrogen) atoms. The van der Waals surface area contributed by atoms with Crippen LogP contribution in [0.1, 0.15) is 29.0 Å². The zero-order valence-electron chi connectivity index (χ0n) is 16.9. The quantitative estimate of drug-likeness (QED) is 0.401. The first kappa shape index (κ1) is 21.7. The Hall–Kier alpha value is -3.53. The van der Waals surface area contributed by atoms with E-state index in [1.807, 2.05) is 31.2 Å². The van der Waals surface area contributed by atoms with Crippen molar-refractivity contribution in [2.75, 3.05) is 10.6 Å². The third-order valence-corrected chi connectivity index (χ3v) is 5.98. The van der Waals surface area contributed by atoms with E-state index in [0.717, 1.165) is 29.3 Å². The number of nitrogens with one attached hydrogen (secondary N) is 3. The summed E-state index contributed by atoms with van der Waals surface area (Å²) < 4.78 is 27.3. The predicted molar refractivity (Wildman–Crippen MR) is 117 cm³/mol. The van der Waals surface area contributed by atoms with Crippen molar-refractivity contribution >= 4 is 35.1 Å². The summed E-state index contributed by atoms with van der Waals surface area (Å²) in [5.74, 6) is -3.56. The van der Waals surface area contributed by atoms with Crippen LogP contribution in [0.2, 0.25) is 0 Å². The summed E-state index contributed by atoms with van der Waals surface area (Å²) in [6.07, 6.45) is -0.323. The molecule has 1 atom stereocenters. The number of carbonyl (C=O) groups is 2. The number of aromatic amines is 1. The number of halogens is 2. The predicted octanol–water partition coefficient (Wildman–Crippen LogP) is 3.71. The van der Waals surface area contributed by atoms with E-state index in [-0.39, 0.29) is 28.6 Å².